The number of methoxy groups -OCH3 is 1. The Hall–Kier alpha value is -0.995. The SMILES string of the molecule is COc1ccccc1C.OBO. The summed E-state index contributed by atoms with van der Waals surface area (Å²) in [6.07, 6.45) is 0. The first-order valence-electron chi connectivity index (χ1n) is 3.57. The van der Waals surface area contributed by atoms with E-state index < -0.39 is 7.69 Å². The third-order valence-electron chi connectivity index (χ3n) is 1.31. The first-order valence-corrected chi connectivity index (χ1v) is 3.57. The number of hydrogen-bond acceptors (Lipinski definition) is 3. The van der Waals surface area contributed by atoms with Crippen molar-refractivity contribution in [1.82, 2.24) is 0 Å². The van der Waals surface area contributed by atoms with Crippen LogP contribution in [0.5, 0.6) is 5.75 Å². The van der Waals surface area contributed by atoms with Crippen LogP contribution in [0.25, 0.3) is 0 Å². The number of para-hydroxylation sites is 1. The smallest absolute Gasteiger partial charge is 0.432 e. The van der Waals surface area contributed by atoms with Crippen molar-refractivity contribution >= 4 is 7.69 Å². The Bertz CT molecular complexity index is 215. The molecule has 0 aliphatic heterocycles. The van der Waals surface area contributed by atoms with Crippen LogP contribution in [0.4, 0.5) is 0 Å². The second-order valence-corrected chi connectivity index (χ2v) is 2.11. The van der Waals surface area contributed by atoms with Crippen molar-refractivity contribution in [3.63, 3.8) is 0 Å². The third kappa shape index (κ3) is 4.00. The molecule has 12 heavy (non-hydrogen) atoms. The minimum atomic E-state index is -0.750. The van der Waals surface area contributed by atoms with Gasteiger partial charge < -0.3 is 14.8 Å². The molecule has 0 saturated heterocycles. The van der Waals surface area contributed by atoms with E-state index >= 15 is 0 Å². The standard InChI is InChI=1S/C8H10O.BH3O2/c1-7-5-3-4-6-8(7)9-2;2-1-3/h3-6H,1-2H3;1-3H. The molecule has 2 N–H and O–H groups in total. The van der Waals surface area contributed by atoms with E-state index in [0.717, 1.165) is 5.75 Å². The normalized spacial score (nSPS) is 8.00. The highest BCUT2D eigenvalue weighted by Crippen LogP contribution is 2.14. The van der Waals surface area contributed by atoms with Gasteiger partial charge in [0.25, 0.3) is 0 Å². The average molecular weight is 168 g/mol. The van der Waals surface area contributed by atoms with Crippen molar-refractivity contribution < 1.29 is 14.8 Å². The summed E-state index contributed by atoms with van der Waals surface area (Å²) in [6, 6.07) is 7.94. The molecule has 0 unspecified atom stereocenters. The van der Waals surface area contributed by atoms with Crippen LogP contribution in [-0.2, 0) is 0 Å². The van der Waals surface area contributed by atoms with Gasteiger partial charge in [0.05, 0.1) is 7.11 Å². The van der Waals surface area contributed by atoms with Crippen LogP contribution in [-0.4, -0.2) is 24.8 Å². The molecular formula is C8H13BO3. The molecule has 0 fully saturated rings. The summed E-state index contributed by atoms with van der Waals surface area (Å²) in [4.78, 5) is 0. The topological polar surface area (TPSA) is 49.7 Å². The second kappa shape index (κ2) is 6.70. The summed E-state index contributed by atoms with van der Waals surface area (Å²) >= 11 is 0. The molecule has 0 aliphatic carbocycles. The van der Waals surface area contributed by atoms with Gasteiger partial charge in [-0.3, -0.25) is 0 Å². The fourth-order valence-electron chi connectivity index (χ4n) is 0.785. The molecule has 1 aromatic rings. The van der Waals surface area contributed by atoms with Crippen molar-refractivity contribution in [3.8, 4) is 5.75 Å². The van der Waals surface area contributed by atoms with Gasteiger partial charge in [-0.1, -0.05) is 18.2 Å². The van der Waals surface area contributed by atoms with E-state index in [2.05, 4.69) is 0 Å². The molecule has 1 rings (SSSR count). The molecule has 66 valence electrons. The van der Waals surface area contributed by atoms with E-state index in [0.29, 0.717) is 0 Å². The maximum Gasteiger partial charge on any atom is 0.432 e. The zero-order valence-corrected chi connectivity index (χ0v) is 7.32. The number of hydrogen-bond donors (Lipinski definition) is 2. The Balaban J connectivity index is 0.000000354. The first-order chi connectivity index (χ1) is 5.76. The predicted molar refractivity (Wildman–Crippen MR) is 49.3 cm³/mol. The lowest BCUT2D eigenvalue weighted by molar-refractivity contribution is 0.411. The van der Waals surface area contributed by atoms with E-state index in [4.69, 9.17) is 14.8 Å². The molecule has 4 heteroatoms. The molecule has 0 aromatic heterocycles. The maximum absolute atomic E-state index is 7.12. The van der Waals surface area contributed by atoms with Crippen molar-refractivity contribution in [3.05, 3.63) is 29.8 Å². The lowest BCUT2D eigenvalue weighted by Gasteiger charge is -2.00. The number of aryl methyl sites for hydroxylation is 1. The zero-order valence-electron chi connectivity index (χ0n) is 7.32. The van der Waals surface area contributed by atoms with E-state index in [1.54, 1.807) is 7.11 Å². The highest BCUT2D eigenvalue weighted by atomic mass is 16.5. The van der Waals surface area contributed by atoms with Gasteiger partial charge in [0.2, 0.25) is 0 Å². The fraction of sp³-hybridized carbons (Fsp3) is 0.250. The minimum Gasteiger partial charge on any atom is -0.496 e. The Kier molecular flexibility index (Phi) is 6.14. The lowest BCUT2D eigenvalue weighted by atomic mass is 10.2. The summed E-state index contributed by atoms with van der Waals surface area (Å²) in [7, 11) is 0.933. The quantitative estimate of drug-likeness (QED) is 0.590. The minimum absolute atomic E-state index is 0.750. The van der Waals surface area contributed by atoms with Crippen LogP contribution in [0, 0.1) is 6.92 Å². The third-order valence-corrected chi connectivity index (χ3v) is 1.31. The molecule has 0 radical (unpaired) electrons. The number of benzene rings is 1. The van der Waals surface area contributed by atoms with Gasteiger partial charge in [-0.2, -0.15) is 0 Å². The van der Waals surface area contributed by atoms with Gasteiger partial charge in [-0.05, 0) is 18.6 Å². The maximum atomic E-state index is 7.12. The summed E-state index contributed by atoms with van der Waals surface area (Å²) in [5.41, 5.74) is 1.18. The van der Waals surface area contributed by atoms with Crippen molar-refractivity contribution in [2.24, 2.45) is 0 Å². The van der Waals surface area contributed by atoms with Crippen molar-refractivity contribution in [2.45, 2.75) is 6.92 Å². The van der Waals surface area contributed by atoms with E-state index in [1.165, 1.54) is 5.56 Å². The second-order valence-electron chi connectivity index (χ2n) is 2.11. The molecule has 0 aliphatic rings. The van der Waals surface area contributed by atoms with Crippen LogP contribution in [0.3, 0.4) is 0 Å². The molecule has 0 saturated carbocycles. The molecule has 3 nitrogen and oxygen atoms in total. The van der Waals surface area contributed by atoms with Gasteiger partial charge in [0.15, 0.2) is 0 Å². The average Bonchev–Trinajstić information content (AvgIpc) is 2.07. The lowest BCUT2D eigenvalue weighted by Crippen LogP contribution is -1.84. The molecular weight excluding hydrogens is 155 g/mol. The van der Waals surface area contributed by atoms with Crippen LogP contribution in [0.2, 0.25) is 0 Å². The van der Waals surface area contributed by atoms with Gasteiger partial charge in [-0.25, -0.2) is 0 Å². The Labute approximate surface area is 72.9 Å². The predicted octanol–water partition coefficient (Wildman–Crippen LogP) is 0.241. The molecule has 0 spiro atoms. The first kappa shape index (κ1) is 11.0. The van der Waals surface area contributed by atoms with Gasteiger partial charge in [-0.15, -0.1) is 0 Å². The van der Waals surface area contributed by atoms with Gasteiger partial charge in [0, 0.05) is 0 Å². The van der Waals surface area contributed by atoms with Crippen LogP contribution in [0.1, 0.15) is 5.56 Å². The fourth-order valence-corrected chi connectivity index (χ4v) is 0.785. The number of ether oxygens (including phenoxy) is 1. The Morgan fingerprint density at radius 3 is 2.08 bits per heavy atom. The molecule has 1 aromatic carbocycles. The largest absolute Gasteiger partial charge is 0.496 e. The molecule has 0 bridgehead atoms. The van der Waals surface area contributed by atoms with Crippen LogP contribution >= 0.6 is 0 Å². The Morgan fingerprint density at radius 2 is 1.75 bits per heavy atom. The Morgan fingerprint density at radius 1 is 1.25 bits per heavy atom. The molecule has 0 atom stereocenters. The summed E-state index contributed by atoms with van der Waals surface area (Å²) in [5.74, 6) is 0.956. The van der Waals surface area contributed by atoms with Crippen LogP contribution < -0.4 is 4.74 Å². The van der Waals surface area contributed by atoms with E-state index in [1.807, 2.05) is 31.2 Å². The van der Waals surface area contributed by atoms with Crippen molar-refractivity contribution in [2.75, 3.05) is 7.11 Å². The van der Waals surface area contributed by atoms with Gasteiger partial charge in [0.1, 0.15) is 5.75 Å². The summed E-state index contributed by atoms with van der Waals surface area (Å²) < 4.78 is 5.04. The molecule has 0 amide bonds. The number of rotatable bonds is 1. The van der Waals surface area contributed by atoms with Gasteiger partial charge >= 0.3 is 7.69 Å². The monoisotopic (exact) mass is 168 g/mol. The molecule has 0 heterocycles. The zero-order chi connectivity index (χ0) is 9.40. The summed E-state index contributed by atoms with van der Waals surface area (Å²) in [6.45, 7) is 2.03. The van der Waals surface area contributed by atoms with Crippen molar-refractivity contribution in [1.29, 1.82) is 0 Å². The highest BCUT2D eigenvalue weighted by Gasteiger charge is 1.90. The van der Waals surface area contributed by atoms with Crippen LogP contribution in [0.15, 0.2) is 24.3 Å². The van der Waals surface area contributed by atoms with E-state index in [9.17, 15) is 0 Å². The van der Waals surface area contributed by atoms with E-state index in [-0.39, 0.29) is 0 Å². The summed E-state index contributed by atoms with van der Waals surface area (Å²) in [5, 5.41) is 14.2. The highest BCUT2D eigenvalue weighted by molar-refractivity contribution is 6.13.